The molecule has 0 aromatic heterocycles. The summed E-state index contributed by atoms with van der Waals surface area (Å²) in [6.07, 6.45) is 0. The Morgan fingerprint density at radius 3 is 2.52 bits per heavy atom. The first kappa shape index (κ1) is 16.1. The molecule has 0 unspecified atom stereocenters. The van der Waals surface area contributed by atoms with Crippen LogP contribution in [0.1, 0.15) is 18.5 Å². The number of hydrogen-bond acceptors (Lipinski definition) is 4. The second kappa shape index (κ2) is 6.39. The Kier molecular flexibility index (Phi) is 4.48. The van der Waals surface area contributed by atoms with Gasteiger partial charge < -0.3 is 9.47 Å². The van der Waals surface area contributed by atoms with E-state index in [4.69, 9.17) is 21.1 Å². The lowest BCUT2D eigenvalue weighted by atomic mass is 10.1. The van der Waals surface area contributed by atoms with Crippen LogP contribution in [0.5, 0.6) is 11.5 Å². The van der Waals surface area contributed by atoms with Crippen molar-refractivity contribution >= 4 is 21.6 Å². The molecule has 3 rings (SSSR count). The molecule has 7 heteroatoms. The summed E-state index contributed by atoms with van der Waals surface area (Å²) < 4.78 is 38.6. The summed E-state index contributed by atoms with van der Waals surface area (Å²) in [7, 11) is -3.70. The molecule has 1 atom stereocenters. The highest BCUT2D eigenvalue weighted by Gasteiger charge is 2.22. The number of hydrogen-bond donors (Lipinski definition) is 1. The third kappa shape index (κ3) is 3.44. The van der Waals surface area contributed by atoms with Crippen molar-refractivity contribution in [1.82, 2.24) is 4.72 Å². The van der Waals surface area contributed by atoms with Crippen LogP contribution in [0, 0.1) is 0 Å². The molecule has 0 aliphatic carbocycles. The fourth-order valence-electron chi connectivity index (χ4n) is 2.38. The summed E-state index contributed by atoms with van der Waals surface area (Å²) in [4.78, 5) is 0.126. The molecule has 0 fully saturated rings. The molecular weight excluding hydrogens is 338 g/mol. The third-order valence-electron chi connectivity index (χ3n) is 3.53. The van der Waals surface area contributed by atoms with Crippen LogP contribution in [0.4, 0.5) is 0 Å². The van der Waals surface area contributed by atoms with Gasteiger partial charge in [-0.15, -0.1) is 0 Å². The van der Waals surface area contributed by atoms with E-state index < -0.39 is 16.1 Å². The zero-order chi connectivity index (χ0) is 16.4. The lowest BCUT2D eigenvalue weighted by molar-refractivity contribution is 0.171. The molecule has 0 spiro atoms. The topological polar surface area (TPSA) is 64.6 Å². The number of sulfonamides is 1. The smallest absolute Gasteiger partial charge is 0.241 e. The second-order valence-corrected chi connectivity index (χ2v) is 7.29. The monoisotopic (exact) mass is 353 g/mol. The minimum absolute atomic E-state index is 0.126. The van der Waals surface area contributed by atoms with Gasteiger partial charge in [-0.3, -0.25) is 0 Å². The maximum Gasteiger partial charge on any atom is 0.241 e. The second-order valence-electron chi connectivity index (χ2n) is 5.17. The SMILES string of the molecule is C[C@@H](NS(=O)(=O)c1ccc2c(c1)OCCO2)c1ccccc1Cl. The summed E-state index contributed by atoms with van der Waals surface area (Å²) >= 11 is 6.12. The third-order valence-corrected chi connectivity index (χ3v) is 5.41. The highest BCUT2D eigenvalue weighted by Crippen LogP contribution is 2.32. The number of benzene rings is 2. The highest BCUT2D eigenvalue weighted by atomic mass is 35.5. The first-order valence-corrected chi connectivity index (χ1v) is 9.00. The average Bonchev–Trinajstić information content (AvgIpc) is 2.54. The van der Waals surface area contributed by atoms with E-state index in [0.29, 0.717) is 29.7 Å². The van der Waals surface area contributed by atoms with Crippen LogP contribution < -0.4 is 14.2 Å². The minimum atomic E-state index is -3.70. The van der Waals surface area contributed by atoms with Crippen molar-refractivity contribution in [1.29, 1.82) is 0 Å². The summed E-state index contributed by atoms with van der Waals surface area (Å²) in [6, 6.07) is 11.2. The van der Waals surface area contributed by atoms with E-state index in [0.717, 1.165) is 5.56 Å². The van der Waals surface area contributed by atoms with E-state index in [-0.39, 0.29) is 4.90 Å². The van der Waals surface area contributed by atoms with Gasteiger partial charge in [0.25, 0.3) is 0 Å². The first-order valence-electron chi connectivity index (χ1n) is 7.14. The van der Waals surface area contributed by atoms with Gasteiger partial charge in [0.2, 0.25) is 10.0 Å². The van der Waals surface area contributed by atoms with Crippen molar-refractivity contribution in [3.8, 4) is 11.5 Å². The van der Waals surface area contributed by atoms with Crippen LogP contribution in [-0.4, -0.2) is 21.6 Å². The Morgan fingerprint density at radius 2 is 1.78 bits per heavy atom. The summed E-state index contributed by atoms with van der Waals surface area (Å²) in [5, 5.41) is 0.518. The number of ether oxygens (including phenoxy) is 2. The molecule has 122 valence electrons. The molecule has 1 aliphatic rings. The molecule has 2 aromatic carbocycles. The summed E-state index contributed by atoms with van der Waals surface area (Å²) in [5.41, 5.74) is 0.718. The molecule has 23 heavy (non-hydrogen) atoms. The Morgan fingerprint density at radius 1 is 1.09 bits per heavy atom. The molecule has 0 bridgehead atoms. The fraction of sp³-hybridized carbons (Fsp3) is 0.250. The zero-order valence-corrected chi connectivity index (χ0v) is 14.0. The number of halogens is 1. The molecule has 0 radical (unpaired) electrons. The summed E-state index contributed by atoms with van der Waals surface area (Å²) in [6.45, 7) is 2.61. The van der Waals surface area contributed by atoms with Gasteiger partial charge in [-0.25, -0.2) is 13.1 Å². The van der Waals surface area contributed by atoms with Crippen molar-refractivity contribution in [3.63, 3.8) is 0 Å². The first-order chi connectivity index (χ1) is 11.0. The van der Waals surface area contributed by atoms with Gasteiger partial charge in [0.15, 0.2) is 11.5 Å². The Balaban J connectivity index is 1.86. The van der Waals surface area contributed by atoms with Gasteiger partial charge in [-0.05, 0) is 30.7 Å². The van der Waals surface area contributed by atoms with E-state index in [1.807, 2.05) is 6.07 Å². The van der Waals surface area contributed by atoms with Crippen LogP contribution in [0.25, 0.3) is 0 Å². The lowest BCUT2D eigenvalue weighted by Gasteiger charge is -2.20. The lowest BCUT2D eigenvalue weighted by Crippen LogP contribution is -2.27. The molecule has 1 heterocycles. The quantitative estimate of drug-likeness (QED) is 0.917. The van der Waals surface area contributed by atoms with Crippen LogP contribution in [0.2, 0.25) is 5.02 Å². The van der Waals surface area contributed by atoms with Gasteiger partial charge in [-0.1, -0.05) is 29.8 Å². The standard InChI is InChI=1S/C16H16ClNO4S/c1-11(13-4-2-3-5-14(13)17)18-23(19,20)12-6-7-15-16(10-12)22-9-8-21-15/h2-7,10-11,18H,8-9H2,1H3/t11-/m1/s1. The van der Waals surface area contributed by atoms with Gasteiger partial charge in [0.1, 0.15) is 13.2 Å². The molecule has 5 nitrogen and oxygen atoms in total. The summed E-state index contributed by atoms with van der Waals surface area (Å²) in [5.74, 6) is 0.985. The molecular formula is C16H16ClNO4S. The zero-order valence-electron chi connectivity index (χ0n) is 12.5. The molecule has 0 saturated heterocycles. The fourth-order valence-corrected chi connectivity index (χ4v) is 3.92. The van der Waals surface area contributed by atoms with E-state index in [1.54, 1.807) is 31.2 Å². The molecule has 1 aliphatic heterocycles. The Bertz CT molecular complexity index is 823. The van der Waals surface area contributed by atoms with Gasteiger partial charge in [0.05, 0.1) is 4.90 Å². The Hall–Kier alpha value is -1.76. The van der Waals surface area contributed by atoms with Crippen LogP contribution >= 0.6 is 11.6 Å². The van der Waals surface area contributed by atoms with Crippen molar-refractivity contribution in [2.75, 3.05) is 13.2 Å². The Labute approximate surface area is 140 Å². The predicted molar refractivity (Wildman–Crippen MR) is 87.6 cm³/mol. The molecule has 2 aromatic rings. The van der Waals surface area contributed by atoms with Gasteiger partial charge >= 0.3 is 0 Å². The van der Waals surface area contributed by atoms with Gasteiger partial charge in [0, 0.05) is 17.1 Å². The predicted octanol–water partition coefficient (Wildman–Crippen LogP) is 3.15. The van der Waals surface area contributed by atoms with Crippen LogP contribution in [-0.2, 0) is 10.0 Å². The van der Waals surface area contributed by atoms with Crippen molar-refractivity contribution in [3.05, 3.63) is 53.1 Å². The maximum absolute atomic E-state index is 12.6. The normalized spacial score (nSPS) is 15.2. The van der Waals surface area contributed by atoms with Crippen LogP contribution in [0.15, 0.2) is 47.4 Å². The van der Waals surface area contributed by atoms with E-state index in [9.17, 15) is 8.42 Å². The number of nitrogens with one attached hydrogen (secondary N) is 1. The van der Waals surface area contributed by atoms with Gasteiger partial charge in [-0.2, -0.15) is 0 Å². The largest absolute Gasteiger partial charge is 0.486 e. The average molecular weight is 354 g/mol. The van der Waals surface area contributed by atoms with E-state index in [1.165, 1.54) is 12.1 Å². The molecule has 0 amide bonds. The van der Waals surface area contributed by atoms with Crippen molar-refractivity contribution in [2.45, 2.75) is 17.9 Å². The van der Waals surface area contributed by atoms with E-state index >= 15 is 0 Å². The maximum atomic E-state index is 12.6. The molecule has 1 N–H and O–H groups in total. The minimum Gasteiger partial charge on any atom is -0.486 e. The van der Waals surface area contributed by atoms with Crippen molar-refractivity contribution < 1.29 is 17.9 Å². The number of fused-ring (bicyclic) bond motifs is 1. The van der Waals surface area contributed by atoms with Crippen LogP contribution in [0.3, 0.4) is 0 Å². The number of rotatable bonds is 4. The molecule has 0 saturated carbocycles. The highest BCUT2D eigenvalue weighted by molar-refractivity contribution is 7.89. The van der Waals surface area contributed by atoms with Crippen molar-refractivity contribution in [2.24, 2.45) is 0 Å². The van der Waals surface area contributed by atoms with E-state index in [2.05, 4.69) is 4.72 Å².